The molecule has 2 amide bonds. The van der Waals surface area contributed by atoms with Crippen molar-refractivity contribution >= 4 is 39.8 Å². The van der Waals surface area contributed by atoms with Crippen molar-refractivity contribution in [1.29, 1.82) is 0 Å². The van der Waals surface area contributed by atoms with E-state index in [0.29, 0.717) is 22.4 Å². The highest BCUT2D eigenvalue weighted by Crippen LogP contribution is 2.25. The molecule has 4 aromatic rings. The molecule has 156 valence electrons. The smallest absolute Gasteiger partial charge is 0.345 e. The Hall–Kier alpha value is -4.20. The van der Waals surface area contributed by atoms with Gasteiger partial charge in [-0.25, -0.2) is 14.6 Å². The molecule has 0 aliphatic carbocycles. The fourth-order valence-electron chi connectivity index (χ4n) is 3.37. The molecular weight excluding hydrogens is 396 g/mol. The van der Waals surface area contributed by atoms with Gasteiger partial charge in [0.25, 0.3) is 5.56 Å². The number of carbonyl (C=O) groups is 2. The number of amides is 2. The predicted molar refractivity (Wildman–Crippen MR) is 119 cm³/mol. The maximum absolute atomic E-state index is 12.8. The molecule has 0 saturated heterocycles. The van der Waals surface area contributed by atoms with Crippen LogP contribution in [0.2, 0.25) is 0 Å². The number of para-hydroxylation sites is 1. The fourth-order valence-corrected chi connectivity index (χ4v) is 3.37. The van der Waals surface area contributed by atoms with Crippen molar-refractivity contribution in [3.8, 4) is 0 Å². The highest BCUT2D eigenvalue weighted by molar-refractivity contribution is 6.03. The van der Waals surface area contributed by atoms with E-state index in [1.54, 1.807) is 37.4 Å². The number of hydrogen-bond acceptors (Lipinski definition) is 5. The van der Waals surface area contributed by atoms with E-state index in [4.69, 9.17) is 4.74 Å². The SMILES string of the molecule is CCOC(=O)c1cnc2c3cc(NC(=O)Nc4ccccc4)ccc3c(C)cn2c1=O. The van der Waals surface area contributed by atoms with Crippen LogP contribution in [0.15, 0.2) is 65.7 Å². The molecule has 2 N–H and O–H groups in total. The molecule has 0 radical (unpaired) electrons. The molecule has 8 nitrogen and oxygen atoms in total. The minimum Gasteiger partial charge on any atom is -0.462 e. The third kappa shape index (κ3) is 3.95. The van der Waals surface area contributed by atoms with Crippen molar-refractivity contribution in [2.75, 3.05) is 17.2 Å². The van der Waals surface area contributed by atoms with Crippen molar-refractivity contribution in [3.63, 3.8) is 0 Å². The van der Waals surface area contributed by atoms with E-state index in [0.717, 1.165) is 10.9 Å². The largest absolute Gasteiger partial charge is 0.462 e. The number of nitrogens with one attached hydrogen (secondary N) is 2. The molecule has 8 heteroatoms. The summed E-state index contributed by atoms with van der Waals surface area (Å²) < 4.78 is 6.27. The molecule has 2 aromatic heterocycles. The molecule has 0 bridgehead atoms. The number of aromatic nitrogens is 2. The highest BCUT2D eigenvalue weighted by atomic mass is 16.5. The average molecular weight is 416 g/mol. The van der Waals surface area contributed by atoms with Crippen LogP contribution >= 0.6 is 0 Å². The van der Waals surface area contributed by atoms with Gasteiger partial charge in [0, 0.05) is 29.2 Å². The van der Waals surface area contributed by atoms with Crippen LogP contribution in [0.4, 0.5) is 16.2 Å². The summed E-state index contributed by atoms with van der Waals surface area (Å²) in [7, 11) is 0. The normalized spacial score (nSPS) is 10.8. The number of urea groups is 1. The van der Waals surface area contributed by atoms with Crippen molar-refractivity contribution < 1.29 is 14.3 Å². The topological polar surface area (TPSA) is 102 Å². The fraction of sp³-hybridized carbons (Fsp3) is 0.130. The molecule has 2 heterocycles. The summed E-state index contributed by atoms with van der Waals surface area (Å²) in [6.07, 6.45) is 2.87. The molecule has 2 aromatic carbocycles. The van der Waals surface area contributed by atoms with Gasteiger partial charge in [-0.2, -0.15) is 0 Å². The molecular formula is C23H20N4O4. The number of aryl methyl sites for hydroxylation is 1. The van der Waals surface area contributed by atoms with E-state index in [9.17, 15) is 14.4 Å². The van der Waals surface area contributed by atoms with E-state index in [-0.39, 0.29) is 12.2 Å². The first kappa shape index (κ1) is 20.1. The van der Waals surface area contributed by atoms with Crippen LogP contribution in [-0.4, -0.2) is 28.0 Å². The van der Waals surface area contributed by atoms with E-state index < -0.39 is 17.6 Å². The Morgan fingerprint density at radius 1 is 1.03 bits per heavy atom. The molecule has 0 spiro atoms. The number of carbonyl (C=O) groups excluding carboxylic acids is 2. The number of ether oxygens (including phenoxy) is 1. The Morgan fingerprint density at radius 3 is 2.52 bits per heavy atom. The second-order valence-corrected chi connectivity index (χ2v) is 6.91. The maximum Gasteiger partial charge on any atom is 0.345 e. The number of anilines is 2. The standard InChI is InChI=1S/C23H20N4O4/c1-3-31-22(29)19-12-24-20-18-11-16(26-23(30)25-15-7-5-4-6-8-15)9-10-17(18)14(2)13-27(20)21(19)28/h4-13H,3H2,1-2H3,(H2,25,26,30). The van der Waals surface area contributed by atoms with Crippen LogP contribution in [0.3, 0.4) is 0 Å². The number of rotatable bonds is 4. The van der Waals surface area contributed by atoms with Gasteiger partial charge in [-0.1, -0.05) is 24.3 Å². The summed E-state index contributed by atoms with van der Waals surface area (Å²) in [6, 6.07) is 14.1. The van der Waals surface area contributed by atoms with Gasteiger partial charge in [-0.3, -0.25) is 9.20 Å². The maximum atomic E-state index is 12.8. The Labute approximate surface area is 177 Å². The van der Waals surface area contributed by atoms with Crippen molar-refractivity contribution in [2.45, 2.75) is 13.8 Å². The van der Waals surface area contributed by atoms with Gasteiger partial charge < -0.3 is 15.4 Å². The van der Waals surface area contributed by atoms with E-state index in [1.165, 1.54) is 10.6 Å². The zero-order valence-electron chi connectivity index (χ0n) is 17.0. The van der Waals surface area contributed by atoms with Crippen LogP contribution in [0, 0.1) is 6.92 Å². The first-order valence-corrected chi connectivity index (χ1v) is 9.73. The van der Waals surface area contributed by atoms with Gasteiger partial charge in [-0.15, -0.1) is 0 Å². The van der Waals surface area contributed by atoms with E-state index >= 15 is 0 Å². The Balaban J connectivity index is 1.74. The third-order valence-electron chi connectivity index (χ3n) is 4.79. The lowest BCUT2D eigenvalue weighted by Crippen LogP contribution is -2.24. The lowest BCUT2D eigenvalue weighted by atomic mass is 10.1. The first-order valence-electron chi connectivity index (χ1n) is 9.73. The monoisotopic (exact) mass is 416 g/mol. The summed E-state index contributed by atoms with van der Waals surface area (Å²) in [5, 5.41) is 7.09. The lowest BCUT2D eigenvalue weighted by molar-refractivity contribution is 0.0523. The van der Waals surface area contributed by atoms with Gasteiger partial charge in [0.1, 0.15) is 11.2 Å². The van der Waals surface area contributed by atoms with E-state index in [2.05, 4.69) is 15.6 Å². The summed E-state index contributed by atoms with van der Waals surface area (Å²) in [5.41, 5.74) is 1.78. The summed E-state index contributed by atoms with van der Waals surface area (Å²) in [6.45, 7) is 3.70. The second-order valence-electron chi connectivity index (χ2n) is 6.91. The van der Waals surface area contributed by atoms with Crippen LogP contribution in [0.5, 0.6) is 0 Å². The molecule has 0 saturated carbocycles. The third-order valence-corrected chi connectivity index (χ3v) is 4.79. The number of pyridine rings is 1. The van der Waals surface area contributed by atoms with E-state index in [1.807, 2.05) is 31.2 Å². The van der Waals surface area contributed by atoms with Gasteiger partial charge in [0.05, 0.1) is 6.61 Å². The number of fused-ring (bicyclic) bond motifs is 3. The molecule has 0 unspecified atom stereocenters. The van der Waals surface area contributed by atoms with Gasteiger partial charge in [0.15, 0.2) is 0 Å². The minimum atomic E-state index is -0.708. The van der Waals surface area contributed by atoms with Crippen molar-refractivity contribution in [2.24, 2.45) is 0 Å². The minimum absolute atomic E-state index is 0.130. The average Bonchev–Trinajstić information content (AvgIpc) is 2.75. The quantitative estimate of drug-likeness (QED) is 0.387. The molecule has 0 fully saturated rings. The zero-order chi connectivity index (χ0) is 22.0. The molecule has 31 heavy (non-hydrogen) atoms. The lowest BCUT2D eigenvalue weighted by Gasteiger charge is -2.12. The van der Waals surface area contributed by atoms with Crippen LogP contribution in [-0.2, 0) is 4.74 Å². The first-order chi connectivity index (χ1) is 15.0. The van der Waals surface area contributed by atoms with Crippen LogP contribution < -0.4 is 16.2 Å². The predicted octanol–water partition coefficient (Wildman–Crippen LogP) is 3.98. The zero-order valence-corrected chi connectivity index (χ0v) is 17.0. The van der Waals surface area contributed by atoms with Gasteiger partial charge >= 0.3 is 12.0 Å². The number of esters is 1. The summed E-state index contributed by atoms with van der Waals surface area (Å²) in [4.78, 5) is 41.6. The summed E-state index contributed by atoms with van der Waals surface area (Å²) in [5.74, 6) is -0.708. The Bertz CT molecular complexity index is 1360. The Kier molecular flexibility index (Phi) is 5.36. The number of nitrogens with zero attached hydrogens (tertiary/aromatic N) is 2. The molecule has 0 atom stereocenters. The van der Waals surface area contributed by atoms with Gasteiger partial charge in [0.2, 0.25) is 0 Å². The van der Waals surface area contributed by atoms with Crippen LogP contribution in [0.1, 0.15) is 22.8 Å². The number of hydrogen-bond donors (Lipinski definition) is 2. The molecule has 0 aliphatic rings. The van der Waals surface area contributed by atoms with Crippen molar-refractivity contribution in [3.05, 3.63) is 82.4 Å². The Morgan fingerprint density at radius 2 is 1.77 bits per heavy atom. The van der Waals surface area contributed by atoms with Crippen molar-refractivity contribution in [1.82, 2.24) is 9.38 Å². The number of benzene rings is 2. The molecule has 4 rings (SSSR count). The second kappa shape index (κ2) is 8.27. The van der Waals surface area contributed by atoms with Gasteiger partial charge in [-0.05, 0) is 49.1 Å². The highest BCUT2D eigenvalue weighted by Gasteiger charge is 2.16. The summed E-state index contributed by atoms with van der Waals surface area (Å²) >= 11 is 0. The molecule has 0 aliphatic heterocycles. The van der Waals surface area contributed by atoms with Crippen LogP contribution in [0.25, 0.3) is 16.4 Å².